The van der Waals surface area contributed by atoms with Gasteiger partial charge in [-0.25, -0.2) is 9.19 Å². The molecule has 0 aromatic carbocycles. The van der Waals surface area contributed by atoms with Crippen molar-refractivity contribution in [3.8, 4) is 0 Å². The molecule has 0 spiro atoms. The Balaban J connectivity index is 1.46. The molecule has 0 aliphatic carbocycles. The number of hydrogen-bond acceptors (Lipinski definition) is 6. The predicted octanol–water partition coefficient (Wildman–Crippen LogP) is 1.70. The summed E-state index contributed by atoms with van der Waals surface area (Å²) < 4.78 is 19.4. The third-order valence-corrected chi connectivity index (χ3v) is 8.18. The Labute approximate surface area is 182 Å². The highest BCUT2D eigenvalue weighted by atomic mass is 32.2. The standard InChI is InChI=1S/C21H28N6O3S/c1-14-11-15(2)22-18(12-14)20(28)25-31(30)9-4-7-26(8-10-31)21(29)17-5-6-19-24-23-16(3)27(19)13-17/h11-12,17H,4-10,13H2,1-3H3. The summed E-state index contributed by atoms with van der Waals surface area (Å²) in [7, 11) is -2.73. The monoisotopic (exact) mass is 444 g/mol. The number of carbonyl (C=O) groups is 2. The Morgan fingerprint density at radius 3 is 2.71 bits per heavy atom. The fourth-order valence-electron chi connectivity index (χ4n) is 4.33. The van der Waals surface area contributed by atoms with E-state index in [9.17, 15) is 13.8 Å². The Morgan fingerprint density at radius 1 is 1.13 bits per heavy atom. The number of fused-ring (bicyclic) bond motifs is 1. The van der Waals surface area contributed by atoms with E-state index in [4.69, 9.17) is 0 Å². The van der Waals surface area contributed by atoms with Crippen LogP contribution in [-0.2, 0) is 27.5 Å². The summed E-state index contributed by atoms with van der Waals surface area (Å²) in [5.74, 6) is 1.67. The normalized spacial score (nSPS) is 23.7. The summed E-state index contributed by atoms with van der Waals surface area (Å²) in [6.07, 6.45) is 2.03. The van der Waals surface area contributed by atoms with Crippen molar-refractivity contribution in [2.75, 3.05) is 24.6 Å². The molecule has 2 unspecified atom stereocenters. The Bertz CT molecular complexity index is 1130. The molecule has 4 heterocycles. The van der Waals surface area contributed by atoms with E-state index in [-0.39, 0.29) is 23.3 Å². The van der Waals surface area contributed by atoms with Crippen molar-refractivity contribution in [1.29, 1.82) is 0 Å². The van der Waals surface area contributed by atoms with E-state index >= 15 is 0 Å². The zero-order valence-electron chi connectivity index (χ0n) is 18.2. The molecule has 2 aliphatic rings. The molecule has 0 N–H and O–H groups in total. The van der Waals surface area contributed by atoms with Crippen molar-refractivity contribution in [3.05, 3.63) is 40.7 Å². The Kier molecular flexibility index (Phi) is 5.92. The van der Waals surface area contributed by atoms with Gasteiger partial charge in [0.2, 0.25) is 5.91 Å². The van der Waals surface area contributed by atoms with Crippen LogP contribution < -0.4 is 0 Å². The first kappa shape index (κ1) is 21.6. The minimum Gasteiger partial charge on any atom is -0.341 e. The molecule has 166 valence electrons. The van der Waals surface area contributed by atoms with Gasteiger partial charge in [0.25, 0.3) is 0 Å². The number of hydrogen-bond donors (Lipinski definition) is 0. The highest BCUT2D eigenvalue weighted by Gasteiger charge is 2.31. The fraction of sp³-hybridized carbons (Fsp3) is 0.571. The van der Waals surface area contributed by atoms with Crippen LogP contribution in [0.2, 0.25) is 0 Å². The largest absolute Gasteiger partial charge is 0.341 e. The van der Waals surface area contributed by atoms with Crippen LogP contribution in [-0.4, -0.2) is 65.3 Å². The molecule has 10 heteroatoms. The molecule has 31 heavy (non-hydrogen) atoms. The van der Waals surface area contributed by atoms with Crippen LogP contribution in [0, 0.1) is 26.7 Å². The van der Waals surface area contributed by atoms with Gasteiger partial charge < -0.3 is 9.47 Å². The summed E-state index contributed by atoms with van der Waals surface area (Å²) in [6.45, 7) is 7.06. The molecule has 1 saturated heterocycles. The lowest BCUT2D eigenvalue weighted by molar-refractivity contribution is -0.136. The number of pyridine rings is 1. The van der Waals surface area contributed by atoms with Crippen LogP contribution in [0.3, 0.4) is 0 Å². The molecular formula is C21H28N6O3S. The van der Waals surface area contributed by atoms with Crippen LogP contribution in [0.5, 0.6) is 0 Å². The molecule has 9 nitrogen and oxygen atoms in total. The highest BCUT2D eigenvalue weighted by Crippen LogP contribution is 2.23. The van der Waals surface area contributed by atoms with E-state index in [1.54, 1.807) is 11.0 Å². The summed E-state index contributed by atoms with van der Waals surface area (Å²) in [5.41, 5.74) is 1.86. The van der Waals surface area contributed by atoms with Gasteiger partial charge in [0.15, 0.2) is 0 Å². The van der Waals surface area contributed by atoms with Gasteiger partial charge in [-0.1, -0.05) is 0 Å². The van der Waals surface area contributed by atoms with Crippen molar-refractivity contribution in [2.24, 2.45) is 10.3 Å². The van der Waals surface area contributed by atoms with E-state index in [2.05, 4.69) is 19.5 Å². The Hall–Kier alpha value is -2.62. The third kappa shape index (κ3) is 4.68. The molecule has 2 aromatic rings. The van der Waals surface area contributed by atoms with Gasteiger partial charge in [-0.3, -0.25) is 9.59 Å². The first-order valence-corrected chi connectivity index (χ1v) is 12.5. The van der Waals surface area contributed by atoms with Crippen molar-refractivity contribution in [1.82, 2.24) is 24.6 Å². The van der Waals surface area contributed by atoms with Gasteiger partial charge in [0.05, 0.1) is 15.6 Å². The van der Waals surface area contributed by atoms with Crippen molar-refractivity contribution in [3.63, 3.8) is 0 Å². The smallest absolute Gasteiger partial charge is 0.303 e. The topological polar surface area (TPSA) is 110 Å². The molecule has 0 bridgehead atoms. The van der Waals surface area contributed by atoms with E-state index in [1.165, 1.54) is 0 Å². The number of nitrogens with zero attached hydrogens (tertiary/aromatic N) is 6. The van der Waals surface area contributed by atoms with Crippen LogP contribution in [0.4, 0.5) is 0 Å². The molecule has 2 aromatic heterocycles. The summed E-state index contributed by atoms with van der Waals surface area (Å²) in [6, 6.07) is 3.54. The zero-order chi connectivity index (χ0) is 22.2. The highest BCUT2D eigenvalue weighted by molar-refractivity contribution is 7.93. The van der Waals surface area contributed by atoms with Gasteiger partial charge >= 0.3 is 5.91 Å². The fourth-order valence-corrected chi connectivity index (χ4v) is 6.20. The molecule has 4 rings (SSSR count). The number of rotatable bonds is 2. The zero-order valence-corrected chi connectivity index (χ0v) is 19.0. The quantitative estimate of drug-likeness (QED) is 0.697. The Morgan fingerprint density at radius 2 is 1.94 bits per heavy atom. The van der Waals surface area contributed by atoms with Gasteiger partial charge in [0.1, 0.15) is 17.3 Å². The molecule has 0 radical (unpaired) electrons. The van der Waals surface area contributed by atoms with E-state index in [0.29, 0.717) is 31.8 Å². The second-order valence-electron chi connectivity index (χ2n) is 8.44. The van der Waals surface area contributed by atoms with Crippen LogP contribution in [0.1, 0.15) is 46.2 Å². The van der Waals surface area contributed by atoms with Crippen LogP contribution >= 0.6 is 0 Å². The lowest BCUT2D eigenvalue weighted by Gasteiger charge is -2.29. The molecular weight excluding hydrogens is 416 g/mol. The number of amides is 2. The average molecular weight is 445 g/mol. The van der Waals surface area contributed by atoms with Gasteiger partial charge in [-0.15, -0.1) is 10.2 Å². The van der Waals surface area contributed by atoms with Crippen molar-refractivity contribution < 1.29 is 13.8 Å². The molecule has 2 atom stereocenters. The van der Waals surface area contributed by atoms with E-state index in [1.807, 2.05) is 31.4 Å². The minimum absolute atomic E-state index is 0.0738. The minimum atomic E-state index is -2.73. The van der Waals surface area contributed by atoms with Gasteiger partial charge in [0, 0.05) is 43.3 Å². The lowest BCUT2D eigenvalue weighted by Crippen LogP contribution is -2.41. The van der Waals surface area contributed by atoms with E-state index in [0.717, 1.165) is 35.7 Å². The first-order valence-electron chi connectivity index (χ1n) is 10.6. The number of aryl methyl sites for hydroxylation is 4. The van der Waals surface area contributed by atoms with Crippen molar-refractivity contribution in [2.45, 2.75) is 46.6 Å². The predicted molar refractivity (Wildman–Crippen MR) is 116 cm³/mol. The maximum Gasteiger partial charge on any atom is 0.303 e. The second-order valence-corrected chi connectivity index (χ2v) is 11.0. The lowest BCUT2D eigenvalue weighted by atomic mass is 9.97. The summed E-state index contributed by atoms with van der Waals surface area (Å²) >= 11 is 0. The van der Waals surface area contributed by atoms with Crippen molar-refractivity contribution >= 4 is 21.5 Å². The summed E-state index contributed by atoms with van der Waals surface area (Å²) in [5, 5.41) is 8.26. The van der Waals surface area contributed by atoms with Gasteiger partial charge in [-0.05, 0) is 51.3 Å². The van der Waals surface area contributed by atoms with Crippen LogP contribution in [0.15, 0.2) is 16.5 Å². The third-order valence-electron chi connectivity index (χ3n) is 5.93. The maximum absolute atomic E-state index is 13.3. The molecule has 1 fully saturated rings. The van der Waals surface area contributed by atoms with Gasteiger partial charge in [-0.2, -0.15) is 4.36 Å². The maximum atomic E-state index is 13.3. The van der Waals surface area contributed by atoms with Crippen LogP contribution in [0.25, 0.3) is 0 Å². The SMILES string of the molecule is Cc1cc(C)nc(C(=O)N=S2(=O)CCCN(C(=O)C3CCc4nnc(C)n4C3)CC2)c1. The molecule has 0 saturated carbocycles. The number of carbonyl (C=O) groups excluding carboxylic acids is 2. The van der Waals surface area contributed by atoms with E-state index < -0.39 is 15.6 Å². The molecule has 2 aliphatic heterocycles. The first-order chi connectivity index (χ1) is 14.7. The molecule has 2 amide bonds. The average Bonchev–Trinajstić information content (AvgIpc) is 2.98. The summed E-state index contributed by atoms with van der Waals surface area (Å²) in [4.78, 5) is 31.8. The number of aromatic nitrogens is 4. The second kappa shape index (κ2) is 8.49.